The molecule has 0 fully saturated rings. The molecule has 104 valence electrons. The SMILES string of the molecule is Cn1c(=O)c2c(C(=O)O)c3c(nc2n(C)c1=O)CCC3. The summed E-state index contributed by atoms with van der Waals surface area (Å²) < 4.78 is 2.14. The largest absolute Gasteiger partial charge is 0.478 e. The van der Waals surface area contributed by atoms with Crippen LogP contribution in [-0.2, 0) is 26.9 Å². The Bertz CT molecular complexity index is 876. The van der Waals surface area contributed by atoms with Gasteiger partial charge < -0.3 is 5.11 Å². The first-order valence-corrected chi connectivity index (χ1v) is 6.28. The van der Waals surface area contributed by atoms with E-state index in [0.717, 1.165) is 11.0 Å². The van der Waals surface area contributed by atoms with E-state index in [4.69, 9.17) is 0 Å². The molecule has 0 bridgehead atoms. The summed E-state index contributed by atoms with van der Waals surface area (Å²) >= 11 is 0. The zero-order valence-corrected chi connectivity index (χ0v) is 11.1. The summed E-state index contributed by atoms with van der Waals surface area (Å²) in [5.41, 5.74) is 0.334. The third-order valence-corrected chi connectivity index (χ3v) is 3.83. The van der Waals surface area contributed by atoms with Crippen LogP contribution in [0.4, 0.5) is 0 Å². The summed E-state index contributed by atoms with van der Waals surface area (Å²) in [6.07, 6.45) is 2.09. The topological polar surface area (TPSA) is 94.2 Å². The molecule has 0 radical (unpaired) electrons. The number of pyridine rings is 1. The van der Waals surface area contributed by atoms with Crippen molar-refractivity contribution in [3.63, 3.8) is 0 Å². The molecule has 0 aliphatic heterocycles. The van der Waals surface area contributed by atoms with Crippen molar-refractivity contribution in [1.29, 1.82) is 0 Å². The molecule has 0 spiro atoms. The van der Waals surface area contributed by atoms with E-state index in [2.05, 4.69) is 4.98 Å². The van der Waals surface area contributed by atoms with Crippen LogP contribution in [0.25, 0.3) is 11.0 Å². The summed E-state index contributed by atoms with van der Waals surface area (Å²) in [6, 6.07) is 0. The maximum Gasteiger partial charge on any atom is 0.336 e. The molecule has 1 N–H and O–H groups in total. The highest BCUT2D eigenvalue weighted by Crippen LogP contribution is 2.27. The molecule has 0 saturated carbocycles. The molecule has 7 nitrogen and oxygen atoms in total. The highest BCUT2D eigenvalue weighted by atomic mass is 16.4. The Labute approximate surface area is 113 Å². The number of carboxylic acids is 1. The van der Waals surface area contributed by atoms with Gasteiger partial charge in [-0.1, -0.05) is 0 Å². The van der Waals surface area contributed by atoms with Gasteiger partial charge in [0.2, 0.25) is 0 Å². The number of nitrogens with zero attached hydrogens (tertiary/aromatic N) is 3. The predicted molar refractivity (Wildman–Crippen MR) is 71.2 cm³/mol. The van der Waals surface area contributed by atoms with Gasteiger partial charge in [0.1, 0.15) is 5.65 Å². The van der Waals surface area contributed by atoms with Gasteiger partial charge in [-0.15, -0.1) is 0 Å². The van der Waals surface area contributed by atoms with Crippen molar-refractivity contribution in [2.75, 3.05) is 0 Å². The maximum atomic E-state index is 12.3. The molecule has 0 aromatic carbocycles. The van der Waals surface area contributed by atoms with Crippen LogP contribution < -0.4 is 11.2 Å². The van der Waals surface area contributed by atoms with Crippen molar-refractivity contribution in [2.24, 2.45) is 14.1 Å². The molecule has 3 rings (SSSR count). The van der Waals surface area contributed by atoms with Gasteiger partial charge in [0.05, 0.1) is 10.9 Å². The van der Waals surface area contributed by atoms with Crippen LogP contribution in [0.5, 0.6) is 0 Å². The zero-order valence-electron chi connectivity index (χ0n) is 11.1. The van der Waals surface area contributed by atoms with Crippen LogP contribution in [0.2, 0.25) is 0 Å². The quantitative estimate of drug-likeness (QED) is 0.779. The summed E-state index contributed by atoms with van der Waals surface area (Å²) in [4.78, 5) is 40.1. The molecule has 1 aliphatic rings. The minimum absolute atomic E-state index is 0.00120. The summed E-state index contributed by atoms with van der Waals surface area (Å²) in [5.74, 6) is -1.15. The van der Waals surface area contributed by atoms with Gasteiger partial charge in [0.15, 0.2) is 0 Å². The van der Waals surface area contributed by atoms with Gasteiger partial charge in [-0.25, -0.2) is 14.6 Å². The zero-order chi connectivity index (χ0) is 14.6. The van der Waals surface area contributed by atoms with E-state index in [9.17, 15) is 19.5 Å². The molecular formula is C13H13N3O4. The van der Waals surface area contributed by atoms with E-state index >= 15 is 0 Å². The number of hydrogen-bond acceptors (Lipinski definition) is 4. The number of aromatic nitrogens is 3. The summed E-state index contributed by atoms with van der Waals surface area (Å²) in [6.45, 7) is 0. The van der Waals surface area contributed by atoms with Crippen LogP contribution in [0.1, 0.15) is 28.0 Å². The lowest BCUT2D eigenvalue weighted by molar-refractivity contribution is 0.0697. The first kappa shape index (κ1) is 12.6. The van der Waals surface area contributed by atoms with Crippen LogP contribution in [-0.4, -0.2) is 25.2 Å². The minimum Gasteiger partial charge on any atom is -0.478 e. The third kappa shape index (κ3) is 1.46. The highest BCUT2D eigenvalue weighted by molar-refractivity contribution is 6.03. The molecule has 20 heavy (non-hydrogen) atoms. The highest BCUT2D eigenvalue weighted by Gasteiger charge is 2.27. The Kier molecular flexibility index (Phi) is 2.53. The standard InChI is InChI=1S/C13H13N3O4/c1-15-10-9(11(17)16(2)13(15)20)8(12(18)19)6-4-3-5-7(6)14-10/h3-5H2,1-2H3,(H,18,19). The molecular weight excluding hydrogens is 262 g/mol. The van der Waals surface area contributed by atoms with Crippen LogP contribution in [0, 0.1) is 0 Å². The average molecular weight is 275 g/mol. The summed E-state index contributed by atoms with van der Waals surface area (Å²) in [5, 5.41) is 9.48. The second kappa shape index (κ2) is 4.03. The number of aromatic carboxylic acids is 1. The van der Waals surface area contributed by atoms with Gasteiger partial charge in [-0.05, 0) is 24.8 Å². The Hall–Kier alpha value is -2.44. The average Bonchev–Trinajstić information content (AvgIpc) is 2.88. The molecule has 0 atom stereocenters. The van der Waals surface area contributed by atoms with Crippen LogP contribution in [0.15, 0.2) is 9.59 Å². The second-order valence-corrected chi connectivity index (χ2v) is 4.98. The molecule has 2 heterocycles. The van der Waals surface area contributed by atoms with Crippen LogP contribution in [0.3, 0.4) is 0 Å². The lowest BCUT2D eigenvalue weighted by Gasteiger charge is -2.12. The fraction of sp³-hybridized carbons (Fsp3) is 0.385. The number of hydrogen-bond donors (Lipinski definition) is 1. The fourth-order valence-electron chi connectivity index (χ4n) is 2.82. The number of carboxylic acid groups (broad SMARTS) is 1. The maximum absolute atomic E-state index is 12.3. The Morgan fingerprint density at radius 1 is 1.20 bits per heavy atom. The van der Waals surface area contributed by atoms with Crippen molar-refractivity contribution >= 4 is 17.0 Å². The number of aryl methyl sites for hydroxylation is 2. The van der Waals surface area contributed by atoms with Gasteiger partial charge in [-0.2, -0.15) is 0 Å². The van der Waals surface area contributed by atoms with Crippen molar-refractivity contribution in [2.45, 2.75) is 19.3 Å². The predicted octanol–water partition coefficient (Wildman–Crippen LogP) is -0.181. The third-order valence-electron chi connectivity index (χ3n) is 3.83. The van der Waals surface area contributed by atoms with E-state index in [1.54, 1.807) is 0 Å². The molecule has 1 aliphatic carbocycles. The molecule has 7 heteroatoms. The lowest BCUT2D eigenvalue weighted by Crippen LogP contribution is -2.38. The van der Waals surface area contributed by atoms with E-state index in [0.29, 0.717) is 24.1 Å². The van der Waals surface area contributed by atoms with Gasteiger partial charge in [0.25, 0.3) is 5.56 Å². The first-order valence-electron chi connectivity index (χ1n) is 6.28. The van der Waals surface area contributed by atoms with E-state index in [1.165, 1.54) is 18.7 Å². The Morgan fingerprint density at radius 2 is 1.90 bits per heavy atom. The monoisotopic (exact) mass is 275 g/mol. The molecule has 0 amide bonds. The van der Waals surface area contributed by atoms with Crippen molar-refractivity contribution in [3.05, 3.63) is 37.7 Å². The van der Waals surface area contributed by atoms with Crippen molar-refractivity contribution in [1.82, 2.24) is 14.1 Å². The number of carbonyl (C=O) groups is 1. The second-order valence-electron chi connectivity index (χ2n) is 4.98. The summed E-state index contributed by atoms with van der Waals surface area (Å²) in [7, 11) is 2.83. The normalized spacial score (nSPS) is 13.7. The number of fused-ring (bicyclic) bond motifs is 2. The van der Waals surface area contributed by atoms with E-state index < -0.39 is 17.2 Å². The first-order chi connectivity index (χ1) is 9.43. The van der Waals surface area contributed by atoms with Crippen molar-refractivity contribution < 1.29 is 9.90 Å². The number of rotatable bonds is 1. The molecule has 2 aromatic heterocycles. The van der Waals surface area contributed by atoms with Crippen LogP contribution >= 0.6 is 0 Å². The Balaban J connectivity index is 2.67. The lowest BCUT2D eigenvalue weighted by atomic mass is 10.0. The van der Waals surface area contributed by atoms with Crippen molar-refractivity contribution in [3.8, 4) is 0 Å². The van der Waals surface area contributed by atoms with E-state index in [-0.39, 0.29) is 16.6 Å². The van der Waals surface area contributed by atoms with E-state index in [1.807, 2.05) is 0 Å². The molecule has 0 saturated heterocycles. The van der Waals surface area contributed by atoms with Gasteiger partial charge in [0, 0.05) is 19.8 Å². The van der Waals surface area contributed by atoms with Gasteiger partial charge >= 0.3 is 11.7 Å². The fourth-order valence-corrected chi connectivity index (χ4v) is 2.82. The molecule has 0 unspecified atom stereocenters. The molecule has 2 aromatic rings. The smallest absolute Gasteiger partial charge is 0.336 e. The minimum atomic E-state index is -1.15. The Morgan fingerprint density at radius 3 is 2.55 bits per heavy atom. The van der Waals surface area contributed by atoms with Gasteiger partial charge in [-0.3, -0.25) is 13.9 Å².